The van der Waals surface area contributed by atoms with E-state index < -0.39 is 24.1 Å². The van der Waals surface area contributed by atoms with Gasteiger partial charge in [-0.15, -0.1) is 0 Å². The number of fused-ring (bicyclic) bond motifs is 1. The zero-order valence-corrected chi connectivity index (χ0v) is 13.8. The summed E-state index contributed by atoms with van der Waals surface area (Å²) in [5, 5.41) is 20.4. The summed E-state index contributed by atoms with van der Waals surface area (Å²) in [7, 11) is -1.40. The minimum absolute atomic E-state index is 0.0666. The van der Waals surface area contributed by atoms with E-state index in [1.54, 1.807) is 27.7 Å². The molecule has 0 fully saturated rings. The van der Waals surface area contributed by atoms with Gasteiger partial charge in [-0.05, 0) is 49.7 Å². The van der Waals surface area contributed by atoms with Crippen LogP contribution in [0.1, 0.15) is 27.7 Å². The molecule has 116 valence electrons. The van der Waals surface area contributed by atoms with Crippen molar-refractivity contribution in [1.29, 1.82) is 0 Å². The van der Waals surface area contributed by atoms with Crippen molar-refractivity contribution in [2.45, 2.75) is 38.9 Å². The van der Waals surface area contributed by atoms with E-state index in [1.165, 1.54) is 6.07 Å². The molecule has 0 unspecified atom stereocenters. The lowest BCUT2D eigenvalue weighted by atomic mass is 9.76. The highest BCUT2D eigenvalue weighted by Crippen LogP contribution is 2.37. The number of aliphatic hydroxyl groups is 1. The second kappa shape index (κ2) is 5.42. The smallest absolute Gasteiger partial charge is 0.454 e. The molecule has 8 heteroatoms. The molecule has 0 bridgehead atoms. The normalized spacial score (nSPS) is 14.5. The average molecular weight is 363 g/mol. The Labute approximate surface area is 131 Å². The van der Waals surface area contributed by atoms with E-state index in [0.29, 0.717) is 0 Å². The number of hydrogen-bond acceptors (Lipinski definition) is 5. The summed E-state index contributed by atoms with van der Waals surface area (Å²) in [6, 6.07) is 1.37. The third-order valence-corrected chi connectivity index (χ3v) is 4.29. The summed E-state index contributed by atoms with van der Waals surface area (Å²) in [5.74, 6) is -0.557. The molecule has 2 N–H and O–H groups in total. The minimum Gasteiger partial charge on any atom is -0.454 e. The molecule has 21 heavy (non-hydrogen) atoms. The van der Waals surface area contributed by atoms with Crippen LogP contribution >= 0.6 is 15.9 Å². The Morgan fingerprint density at radius 2 is 1.86 bits per heavy atom. The Bertz CT molecular complexity index is 558. The second-order valence-electron chi connectivity index (χ2n) is 5.87. The van der Waals surface area contributed by atoms with E-state index in [1.807, 2.05) is 0 Å². The van der Waals surface area contributed by atoms with Gasteiger partial charge in [-0.3, -0.25) is 0 Å². The summed E-state index contributed by atoms with van der Waals surface area (Å²) in [5.41, 5.74) is -2.00. The summed E-state index contributed by atoms with van der Waals surface area (Å²) >= 11 is 3.06. The third kappa shape index (κ3) is 3.03. The SMILES string of the molecule is CC(C)(O)C(C)(C)OB(O)c1cc(Br)c(F)c2c1OCO2. The van der Waals surface area contributed by atoms with Crippen LogP contribution in [0.4, 0.5) is 4.39 Å². The van der Waals surface area contributed by atoms with Crippen LogP contribution in [0.3, 0.4) is 0 Å². The van der Waals surface area contributed by atoms with Gasteiger partial charge in [0.05, 0.1) is 15.7 Å². The third-order valence-electron chi connectivity index (χ3n) is 3.71. The van der Waals surface area contributed by atoms with Gasteiger partial charge in [0, 0.05) is 5.46 Å². The Morgan fingerprint density at radius 3 is 2.43 bits per heavy atom. The average Bonchev–Trinajstić information content (AvgIpc) is 2.80. The van der Waals surface area contributed by atoms with Crippen molar-refractivity contribution in [3.63, 3.8) is 0 Å². The summed E-state index contributed by atoms with van der Waals surface area (Å²) < 4.78 is 29.8. The van der Waals surface area contributed by atoms with Gasteiger partial charge in [-0.1, -0.05) is 0 Å². The molecule has 1 heterocycles. The highest BCUT2D eigenvalue weighted by atomic mass is 79.9. The highest BCUT2D eigenvalue weighted by Gasteiger charge is 2.41. The first kappa shape index (κ1) is 16.5. The summed E-state index contributed by atoms with van der Waals surface area (Å²) in [6.07, 6.45) is 0. The maximum absolute atomic E-state index is 13.9. The van der Waals surface area contributed by atoms with Crippen molar-refractivity contribution < 1.29 is 28.6 Å². The molecule has 0 radical (unpaired) electrons. The van der Waals surface area contributed by atoms with E-state index in [2.05, 4.69) is 15.9 Å². The fourth-order valence-electron chi connectivity index (χ4n) is 1.70. The van der Waals surface area contributed by atoms with Crippen LogP contribution in [-0.2, 0) is 4.65 Å². The lowest BCUT2D eigenvalue weighted by Crippen LogP contribution is -2.53. The quantitative estimate of drug-likeness (QED) is 0.796. The molecular formula is C13H17BBrFO5. The van der Waals surface area contributed by atoms with Gasteiger partial charge >= 0.3 is 7.12 Å². The van der Waals surface area contributed by atoms with Crippen LogP contribution in [0.15, 0.2) is 10.5 Å². The molecule has 5 nitrogen and oxygen atoms in total. The van der Waals surface area contributed by atoms with Crippen LogP contribution in [-0.4, -0.2) is 35.2 Å². The number of ether oxygens (including phenoxy) is 2. The molecule has 0 aliphatic carbocycles. The first-order chi connectivity index (χ1) is 9.54. The van der Waals surface area contributed by atoms with Gasteiger partial charge in [-0.2, -0.15) is 0 Å². The molecule has 0 spiro atoms. The van der Waals surface area contributed by atoms with Gasteiger partial charge in [-0.25, -0.2) is 4.39 Å². The fourth-order valence-corrected chi connectivity index (χ4v) is 2.13. The zero-order valence-electron chi connectivity index (χ0n) is 12.2. The molecule has 0 aromatic heterocycles. The zero-order chi connectivity index (χ0) is 16.0. The standard InChI is InChI=1S/C13H17BBrFO5/c1-12(2,17)13(3,4)21-14(18)7-5-8(15)9(16)11-10(7)19-6-20-11/h5,17-18H,6H2,1-4H3. The van der Waals surface area contributed by atoms with Crippen LogP contribution in [0.5, 0.6) is 11.5 Å². The molecule has 0 amide bonds. The maximum atomic E-state index is 13.9. The minimum atomic E-state index is -1.40. The molecule has 2 rings (SSSR count). The summed E-state index contributed by atoms with van der Waals surface area (Å²) in [4.78, 5) is 0. The fraction of sp³-hybridized carbons (Fsp3) is 0.538. The first-order valence-corrected chi connectivity index (χ1v) is 7.19. The maximum Gasteiger partial charge on any atom is 0.495 e. The second-order valence-corrected chi connectivity index (χ2v) is 6.72. The van der Waals surface area contributed by atoms with Crippen LogP contribution in [0.2, 0.25) is 0 Å². The van der Waals surface area contributed by atoms with Crippen LogP contribution < -0.4 is 14.9 Å². The predicted molar refractivity (Wildman–Crippen MR) is 79.3 cm³/mol. The van der Waals surface area contributed by atoms with Gasteiger partial charge in [0.1, 0.15) is 0 Å². The van der Waals surface area contributed by atoms with E-state index in [0.717, 1.165) is 0 Å². The topological polar surface area (TPSA) is 68.2 Å². The van der Waals surface area contributed by atoms with Crippen molar-refractivity contribution in [3.05, 3.63) is 16.4 Å². The lowest BCUT2D eigenvalue weighted by molar-refractivity contribution is -0.0983. The molecule has 1 aliphatic rings. The molecule has 1 aliphatic heterocycles. The van der Waals surface area contributed by atoms with Gasteiger partial charge in [0.15, 0.2) is 11.6 Å². The van der Waals surface area contributed by atoms with Crippen LogP contribution in [0.25, 0.3) is 0 Å². The first-order valence-electron chi connectivity index (χ1n) is 6.40. The van der Waals surface area contributed by atoms with Gasteiger partial charge < -0.3 is 24.3 Å². The largest absolute Gasteiger partial charge is 0.495 e. The lowest BCUT2D eigenvalue weighted by Gasteiger charge is -2.38. The predicted octanol–water partition coefficient (Wildman–Crippen LogP) is 1.57. The molecular weight excluding hydrogens is 346 g/mol. The number of rotatable bonds is 4. The van der Waals surface area contributed by atoms with Gasteiger partial charge in [0.25, 0.3) is 0 Å². The molecule has 0 saturated carbocycles. The number of hydrogen-bond donors (Lipinski definition) is 2. The molecule has 1 aromatic rings. The van der Waals surface area contributed by atoms with E-state index >= 15 is 0 Å². The van der Waals surface area contributed by atoms with E-state index in [9.17, 15) is 14.5 Å². The molecule has 0 atom stereocenters. The van der Waals surface area contributed by atoms with Crippen LogP contribution in [0, 0.1) is 5.82 Å². The van der Waals surface area contributed by atoms with Crippen molar-refractivity contribution in [2.24, 2.45) is 0 Å². The Balaban J connectivity index is 2.35. The van der Waals surface area contributed by atoms with E-state index in [-0.39, 0.29) is 28.2 Å². The van der Waals surface area contributed by atoms with Gasteiger partial charge in [0.2, 0.25) is 12.5 Å². The monoisotopic (exact) mass is 362 g/mol. The van der Waals surface area contributed by atoms with Crippen molar-refractivity contribution in [3.8, 4) is 11.5 Å². The van der Waals surface area contributed by atoms with E-state index in [4.69, 9.17) is 14.1 Å². The highest BCUT2D eigenvalue weighted by molar-refractivity contribution is 9.10. The molecule has 0 saturated heterocycles. The number of benzene rings is 1. The van der Waals surface area contributed by atoms with Crippen molar-refractivity contribution >= 4 is 28.5 Å². The Hall–Kier alpha value is -0.825. The number of halogens is 2. The Kier molecular flexibility index (Phi) is 4.27. The molecule has 1 aromatic carbocycles. The summed E-state index contributed by atoms with van der Waals surface area (Å²) in [6.45, 7) is 6.31. The van der Waals surface area contributed by atoms with Crippen molar-refractivity contribution in [1.82, 2.24) is 0 Å². The van der Waals surface area contributed by atoms with Crippen molar-refractivity contribution in [2.75, 3.05) is 6.79 Å². The Morgan fingerprint density at radius 1 is 1.29 bits per heavy atom.